The topological polar surface area (TPSA) is 45.2 Å². The number of benzene rings is 1. The van der Waals surface area contributed by atoms with Gasteiger partial charge in [-0.15, -0.1) is 0 Å². The second-order valence-electron chi connectivity index (χ2n) is 5.32. The number of aliphatic hydroxyl groups excluding tert-OH is 1. The van der Waals surface area contributed by atoms with Gasteiger partial charge in [-0.25, -0.2) is 0 Å². The lowest BCUT2D eigenvalue weighted by Gasteiger charge is -2.27. The molecular weight excluding hydrogens is 236 g/mol. The first-order valence-corrected chi connectivity index (χ1v) is 7.09. The minimum Gasteiger partial charge on any atom is -0.391 e. The second kappa shape index (κ2) is 5.68. The minimum atomic E-state index is -0.339. The predicted octanol–water partition coefficient (Wildman–Crippen LogP) is 2.28. The summed E-state index contributed by atoms with van der Waals surface area (Å²) in [6.07, 6.45) is 3.78. The molecule has 100 valence electrons. The molecule has 0 saturated carbocycles. The number of fused-ring (bicyclic) bond motifs is 1. The highest BCUT2D eigenvalue weighted by Gasteiger charge is 2.21. The number of aliphatic hydroxyl groups is 1. The van der Waals surface area contributed by atoms with Crippen molar-refractivity contribution in [3.63, 3.8) is 0 Å². The molecule has 1 fully saturated rings. The van der Waals surface area contributed by atoms with Crippen LogP contribution in [-0.4, -0.2) is 28.8 Å². The number of hydrogen-bond acceptors (Lipinski definition) is 3. The predicted molar refractivity (Wildman–Crippen MR) is 77.1 cm³/mol. The molecule has 1 saturated heterocycles. The van der Waals surface area contributed by atoms with Gasteiger partial charge in [0.1, 0.15) is 0 Å². The number of piperidine rings is 1. The molecule has 19 heavy (non-hydrogen) atoms. The second-order valence-corrected chi connectivity index (χ2v) is 5.32. The third kappa shape index (κ3) is 2.94. The molecule has 1 aliphatic heterocycles. The Morgan fingerprint density at radius 2 is 2.11 bits per heavy atom. The smallest absolute Gasteiger partial charge is 0.0748 e. The maximum Gasteiger partial charge on any atom is 0.0748 e. The monoisotopic (exact) mass is 256 g/mol. The van der Waals surface area contributed by atoms with Gasteiger partial charge in [0.2, 0.25) is 0 Å². The highest BCUT2D eigenvalue weighted by molar-refractivity contribution is 5.78. The first-order valence-electron chi connectivity index (χ1n) is 7.09. The molecular formula is C16H20N2O. The fourth-order valence-corrected chi connectivity index (χ4v) is 2.79. The molecule has 1 aromatic heterocycles. The molecule has 0 amide bonds. The lowest BCUT2D eigenvalue weighted by atomic mass is 9.96. The van der Waals surface area contributed by atoms with Crippen LogP contribution in [0.5, 0.6) is 0 Å². The van der Waals surface area contributed by atoms with E-state index in [4.69, 9.17) is 0 Å². The summed E-state index contributed by atoms with van der Waals surface area (Å²) >= 11 is 0. The third-order valence-corrected chi connectivity index (χ3v) is 3.89. The van der Waals surface area contributed by atoms with Crippen LogP contribution in [0.2, 0.25) is 0 Å². The molecule has 1 aromatic carbocycles. The van der Waals surface area contributed by atoms with Crippen molar-refractivity contribution in [1.29, 1.82) is 0 Å². The van der Waals surface area contributed by atoms with Crippen LogP contribution in [0.3, 0.4) is 0 Å². The lowest BCUT2D eigenvalue weighted by molar-refractivity contribution is 0.112. The molecule has 2 heterocycles. The van der Waals surface area contributed by atoms with E-state index >= 15 is 0 Å². The van der Waals surface area contributed by atoms with Gasteiger partial charge in [-0.3, -0.25) is 4.98 Å². The average Bonchev–Trinajstić information content (AvgIpc) is 2.48. The van der Waals surface area contributed by atoms with E-state index in [0.29, 0.717) is 6.42 Å². The number of aromatic nitrogens is 1. The summed E-state index contributed by atoms with van der Waals surface area (Å²) in [6.45, 7) is 1.02. The van der Waals surface area contributed by atoms with Gasteiger partial charge in [0.25, 0.3) is 0 Å². The average molecular weight is 256 g/mol. The first-order chi connectivity index (χ1) is 9.33. The van der Waals surface area contributed by atoms with Crippen LogP contribution in [0.1, 0.15) is 25.0 Å². The van der Waals surface area contributed by atoms with Gasteiger partial charge in [0.15, 0.2) is 0 Å². The van der Waals surface area contributed by atoms with E-state index in [1.165, 1.54) is 12.8 Å². The van der Waals surface area contributed by atoms with Crippen molar-refractivity contribution < 1.29 is 5.11 Å². The standard InChI is InChI=1S/C16H20N2O/c19-16(15-7-3-4-10-17-15)11-13-9-8-12-5-1-2-6-14(12)18-13/h1-2,5-6,8-9,15-17,19H,3-4,7,10-11H2. The Kier molecular flexibility index (Phi) is 3.76. The van der Waals surface area contributed by atoms with Gasteiger partial charge in [0.05, 0.1) is 11.6 Å². The number of pyridine rings is 1. The van der Waals surface area contributed by atoms with E-state index in [9.17, 15) is 5.11 Å². The molecule has 1 aliphatic rings. The van der Waals surface area contributed by atoms with Crippen LogP contribution in [0.25, 0.3) is 10.9 Å². The molecule has 0 spiro atoms. The van der Waals surface area contributed by atoms with Crippen LogP contribution >= 0.6 is 0 Å². The number of nitrogens with one attached hydrogen (secondary N) is 1. The summed E-state index contributed by atoms with van der Waals surface area (Å²) < 4.78 is 0. The van der Waals surface area contributed by atoms with Crippen LogP contribution < -0.4 is 5.32 Å². The molecule has 2 unspecified atom stereocenters. The maximum atomic E-state index is 10.3. The zero-order valence-electron chi connectivity index (χ0n) is 11.0. The van der Waals surface area contributed by atoms with Crippen LogP contribution in [-0.2, 0) is 6.42 Å². The van der Waals surface area contributed by atoms with E-state index < -0.39 is 0 Å². The van der Waals surface area contributed by atoms with Crippen molar-refractivity contribution in [3.8, 4) is 0 Å². The summed E-state index contributed by atoms with van der Waals surface area (Å²) in [5.41, 5.74) is 1.97. The molecule has 0 bridgehead atoms. The van der Waals surface area contributed by atoms with Crippen molar-refractivity contribution in [2.45, 2.75) is 37.8 Å². The largest absolute Gasteiger partial charge is 0.391 e. The summed E-state index contributed by atoms with van der Waals surface area (Å²) in [6, 6.07) is 12.4. The molecule has 3 heteroatoms. The molecule has 3 rings (SSSR count). The molecule has 2 atom stereocenters. The van der Waals surface area contributed by atoms with Crippen molar-refractivity contribution in [3.05, 3.63) is 42.1 Å². The number of para-hydroxylation sites is 1. The van der Waals surface area contributed by atoms with Crippen molar-refractivity contribution in [1.82, 2.24) is 10.3 Å². The summed E-state index contributed by atoms with van der Waals surface area (Å²) in [5.74, 6) is 0. The Morgan fingerprint density at radius 1 is 1.21 bits per heavy atom. The van der Waals surface area contributed by atoms with Crippen LogP contribution in [0.4, 0.5) is 0 Å². The van der Waals surface area contributed by atoms with Crippen molar-refractivity contribution in [2.75, 3.05) is 6.54 Å². The number of hydrogen-bond donors (Lipinski definition) is 2. The Hall–Kier alpha value is -1.45. The van der Waals surface area contributed by atoms with Crippen LogP contribution in [0.15, 0.2) is 36.4 Å². The van der Waals surface area contributed by atoms with Crippen molar-refractivity contribution >= 4 is 10.9 Å². The zero-order valence-corrected chi connectivity index (χ0v) is 11.0. The normalized spacial score (nSPS) is 21.4. The van der Waals surface area contributed by atoms with Gasteiger partial charge in [-0.2, -0.15) is 0 Å². The van der Waals surface area contributed by atoms with Gasteiger partial charge in [-0.1, -0.05) is 30.7 Å². The summed E-state index contributed by atoms with van der Waals surface area (Å²) in [7, 11) is 0. The number of rotatable bonds is 3. The fourth-order valence-electron chi connectivity index (χ4n) is 2.79. The first kappa shape index (κ1) is 12.6. The van der Waals surface area contributed by atoms with Gasteiger partial charge in [-0.05, 0) is 31.5 Å². The van der Waals surface area contributed by atoms with Gasteiger partial charge in [0, 0.05) is 23.5 Å². The highest BCUT2D eigenvalue weighted by atomic mass is 16.3. The van der Waals surface area contributed by atoms with Gasteiger partial charge < -0.3 is 10.4 Å². The van der Waals surface area contributed by atoms with E-state index in [1.807, 2.05) is 24.3 Å². The molecule has 2 aromatic rings. The van der Waals surface area contributed by atoms with Gasteiger partial charge >= 0.3 is 0 Å². The maximum absolute atomic E-state index is 10.3. The quantitative estimate of drug-likeness (QED) is 0.885. The Morgan fingerprint density at radius 3 is 2.95 bits per heavy atom. The Bertz CT molecular complexity index is 549. The Balaban J connectivity index is 1.73. The highest BCUT2D eigenvalue weighted by Crippen LogP contribution is 2.16. The Labute approximate surface area is 113 Å². The fraction of sp³-hybridized carbons (Fsp3) is 0.438. The lowest BCUT2D eigenvalue weighted by Crippen LogP contribution is -2.44. The molecule has 0 aliphatic carbocycles. The SMILES string of the molecule is OC(Cc1ccc2ccccc2n1)C1CCCCN1. The van der Waals surface area contributed by atoms with Crippen LogP contribution in [0, 0.1) is 0 Å². The summed E-state index contributed by atoms with van der Waals surface area (Å²) in [5, 5.41) is 14.8. The van der Waals surface area contributed by atoms with Crippen molar-refractivity contribution in [2.24, 2.45) is 0 Å². The summed E-state index contributed by atoms with van der Waals surface area (Å²) in [4.78, 5) is 4.62. The third-order valence-electron chi connectivity index (χ3n) is 3.89. The van der Waals surface area contributed by atoms with E-state index in [-0.39, 0.29) is 12.1 Å². The number of nitrogens with zero attached hydrogens (tertiary/aromatic N) is 1. The van der Waals surface area contributed by atoms with E-state index in [0.717, 1.165) is 29.6 Å². The molecule has 2 N–H and O–H groups in total. The molecule has 0 radical (unpaired) electrons. The zero-order chi connectivity index (χ0) is 13.1. The van der Waals surface area contributed by atoms with E-state index in [1.54, 1.807) is 0 Å². The van der Waals surface area contributed by atoms with E-state index in [2.05, 4.69) is 22.4 Å². The minimum absolute atomic E-state index is 0.224. The molecule has 3 nitrogen and oxygen atoms in total.